The Morgan fingerprint density at radius 2 is 1.89 bits per heavy atom. The van der Waals surface area contributed by atoms with E-state index in [9.17, 15) is 4.79 Å². The number of aromatic nitrogens is 1. The van der Waals surface area contributed by atoms with Gasteiger partial charge < -0.3 is 15.6 Å². The molecule has 1 aliphatic carbocycles. The van der Waals surface area contributed by atoms with Crippen molar-refractivity contribution in [2.45, 2.75) is 46.5 Å². The van der Waals surface area contributed by atoms with Crippen LogP contribution in [0, 0.1) is 5.92 Å². The number of hydrogen-bond acceptors (Lipinski definition) is 4. The van der Waals surface area contributed by atoms with Crippen molar-refractivity contribution < 1.29 is 42.3 Å². The average Bonchev–Trinajstić information content (AvgIpc) is 3.46. The smallest absolute Gasteiger partial charge is 0.157 e. The van der Waals surface area contributed by atoms with Crippen LogP contribution in [0.5, 0.6) is 0 Å². The van der Waals surface area contributed by atoms with Crippen LogP contribution in [-0.2, 0) is 42.3 Å². The third-order valence-corrected chi connectivity index (χ3v) is 5.43. The Morgan fingerprint density at radius 1 is 1.19 bits per heavy atom. The van der Waals surface area contributed by atoms with E-state index >= 15 is 0 Å². The van der Waals surface area contributed by atoms with Crippen LogP contribution >= 0.6 is 0 Å². The molecule has 0 spiro atoms. The molecule has 5 nitrogen and oxygen atoms in total. The number of H-pyrrole nitrogens is 1. The standard InChI is InChI=1S/C29H38N2O2.C2H5N.Y/c1-7-10-13-23(12-9-3)27-20-19-26(30-27)21-25-18-17-24(29(25)33-31(5)6)16-15-22(4)28(32)14-11-8-2;1-2-3;/h7-10,12-13,17-22,30H,2,11,14-16H2,1,3-6H3;2H,1,3H2;/b10-7-,12-9-,23-13+,25-21-;;. The monoisotopic (exact) mass is 578 g/mol. The number of rotatable bonds is 13. The number of nitrogens with two attached hydrogens (primary N) is 1. The maximum atomic E-state index is 12.3. The van der Waals surface area contributed by atoms with Gasteiger partial charge in [0.2, 0.25) is 0 Å². The van der Waals surface area contributed by atoms with Gasteiger partial charge in [0, 0.05) is 76.1 Å². The summed E-state index contributed by atoms with van der Waals surface area (Å²) in [4.78, 5) is 21.8. The number of allylic oxidation sites excluding steroid dienone is 10. The summed E-state index contributed by atoms with van der Waals surface area (Å²) < 4.78 is 0. The van der Waals surface area contributed by atoms with E-state index in [1.54, 1.807) is 11.1 Å². The number of nitrogens with zero attached hydrogens (tertiary/aromatic N) is 1. The van der Waals surface area contributed by atoms with Gasteiger partial charge in [-0.05, 0) is 68.7 Å². The molecule has 1 unspecified atom stereocenters. The third kappa shape index (κ3) is 12.6. The normalized spacial score (nSPS) is 15.2. The maximum absolute atomic E-state index is 12.3. The Kier molecular flexibility index (Phi) is 18.3. The Labute approximate surface area is 249 Å². The van der Waals surface area contributed by atoms with Gasteiger partial charge in [-0.3, -0.25) is 4.79 Å². The molecule has 0 saturated carbocycles. The molecule has 3 N–H and O–H groups in total. The quantitative estimate of drug-likeness (QED) is 0.147. The summed E-state index contributed by atoms with van der Waals surface area (Å²) in [5.41, 5.74) is 9.94. The van der Waals surface area contributed by atoms with Crippen molar-refractivity contribution in [3.63, 3.8) is 0 Å². The minimum Gasteiger partial charge on any atom is -0.406 e. The molecule has 37 heavy (non-hydrogen) atoms. The molecule has 0 aliphatic heterocycles. The van der Waals surface area contributed by atoms with Crippen LogP contribution in [-0.4, -0.2) is 29.9 Å². The number of carbonyl (C=O) groups is 1. The van der Waals surface area contributed by atoms with Gasteiger partial charge in [-0.25, -0.2) is 0 Å². The number of carbonyl (C=O) groups excluding carboxylic acids is 1. The zero-order chi connectivity index (χ0) is 26.9. The molecular formula is C31H43N3O2Y. The number of ketones is 1. The first-order valence-corrected chi connectivity index (χ1v) is 12.4. The summed E-state index contributed by atoms with van der Waals surface area (Å²) in [5.74, 6) is 1.17. The Bertz CT molecular complexity index is 1050. The molecule has 1 aromatic heterocycles. The van der Waals surface area contributed by atoms with Gasteiger partial charge in [0.05, 0.1) is 0 Å². The summed E-state index contributed by atoms with van der Waals surface area (Å²) in [6.07, 6.45) is 22.5. The summed E-state index contributed by atoms with van der Waals surface area (Å²) in [5, 5.41) is 1.71. The van der Waals surface area contributed by atoms with Gasteiger partial charge in [0.15, 0.2) is 5.76 Å². The van der Waals surface area contributed by atoms with Crippen LogP contribution in [0.3, 0.4) is 0 Å². The largest absolute Gasteiger partial charge is 0.406 e. The van der Waals surface area contributed by atoms with E-state index in [1.165, 1.54) is 6.20 Å². The zero-order valence-corrected chi connectivity index (χ0v) is 26.0. The van der Waals surface area contributed by atoms with E-state index in [2.05, 4.69) is 66.4 Å². The van der Waals surface area contributed by atoms with Crippen LogP contribution in [0.1, 0.15) is 57.8 Å². The minimum absolute atomic E-state index is 0. The number of Topliss-reactive ketones (excluding diaryl/α,β-unsaturated/α-hetero) is 1. The van der Waals surface area contributed by atoms with Crippen molar-refractivity contribution in [2.24, 2.45) is 11.7 Å². The zero-order valence-electron chi connectivity index (χ0n) is 23.2. The molecule has 0 saturated heterocycles. The van der Waals surface area contributed by atoms with Crippen molar-refractivity contribution in [2.75, 3.05) is 14.1 Å². The van der Waals surface area contributed by atoms with E-state index < -0.39 is 0 Å². The van der Waals surface area contributed by atoms with Gasteiger partial charge in [-0.2, -0.15) is 5.06 Å². The molecule has 1 heterocycles. The van der Waals surface area contributed by atoms with E-state index in [0.717, 1.165) is 53.1 Å². The second kappa shape index (κ2) is 19.6. The minimum atomic E-state index is 0. The van der Waals surface area contributed by atoms with Crippen molar-refractivity contribution in [3.8, 4) is 0 Å². The van der Waals surface area contributed by atoms with Gasteiger partial charge in [0.1, 0.15) is 5.78 Å². The molecule has 0 bridgehead atoms. The van der Waals surface area contributed by atoms with E-state index in [4.69, 9.17) is 4.84 Å². The van der Waals surface area contributed by atoms with E-state index in [0.29, 0.717) is 12.2 Å². The van der Waals surface area contributed by atoms with Crippen molar-refractivity contribution >= 4 is 17.4 Å². The fourth-order valence-electron chi connectivity index (χ4n) is 3.60. The van der Waals surface area contributed by atoms with Gasteiger partial charge in [-0.15, -0.1) is 6.58 Å². The molecule has 1 aromatic rings. The second-order valence-electron chi connectivity index (χ2n) is 8.64. The molecule has 0 amide bonds. The van der Waals surface area contributed by atoms with Gasteiger partial charge >= 0.3 is 0 Å². The van der Waals surface area contributed by atoms with Gasteiger partial charge in [0.25, 0.3) is 0 Å². The van der Waals surface area contributed by atoms with Crippen LogP contribution in [0.15, 0.2) is 97.0 Å². The van der Waals surface area contributed by atoms with Gasteiger partial charge in [-0.1, -0.05) is 62.1 Å². The number of aromatic amines is 1. The first-order valence-electron chi connectivity index (χ1n) is 12.4. The molecule has 2 rings (SSSR count). The van der Waals surface area contributed by atoms with Crippen LogP contribution in [0.4, 0.5) is 0 Å². The molecule has 197 valence electrons. The maximum Gasteiger partial charge on any atom is 0.157 e. The van der Waals surface area contributed by atoms with Crippen LogP contribution < -0.4 is 5.73 Å². The Morgan fingerprint density at radius 3 is 2.49 bits per heavy atom. The predicted octanol–water partition coefficient (Wildman–Crippen LogP) is 7.29. The summed E-state index contributed by atoms with van der Waals surface area (Å²) >= 11 is 0. The van der Waals surface area contributed by atoms with Crippen LogP contribution in [0.2, 0.25) is 0 Å². The fourth-order valence-corrected chi connectivity index (χ4v) is 3.60. The molecule has 1 radical (unpaired) electrons. The topological polar surface area (TPSA) is 71.3 Å². The summed E-state index contributed by atoms with van der Waals surface area (Å²) in [6, 6.07) is 4.17. The number of hydroxylamine groups is 2. The van der Waals surface area contributed by atoms with E-state index in [1.807, 2.05) is 53.1 Å². The predicted molar refractivity (Wildman–Crippen MR) is 155 cm³/mol. The van der Waals surface area contributed by atoms with E-state index in [-0.39, 0.29) is 38.6 Å². The Hall–Kier alpha value is -2.47. The third-order valence-electron chi connectivity index (χ3n) is 5.43. The Balaban J connectivity index is 0.00000308. The first-order chi connectivity index (χ1) is 17.3. The average molecular weight is 579 g/mol. The number of hydrogen-bond donors (Lipinski definition) is 2. The SMILES string of the molecule is C=CCCC(=O)C(C)CCC1=C(ON(C)C)/C(=C\c2ccc(C(/C=C\C)=C/C=C\C)[nH]2)C=C1.C=CN.[Y]. The fraction of sp³-hybridized carbons (Fsp3) is 0.323. The molecule has 0 aromatic carbocycles. The summed E-state index contributed by atoms with van der Waals surface area (Å²) in [6.45, 7) is 12.9. The van der Waals surface area contributed by atoms with Crippen molar-refractivity contribution in [1.29, 1.82) is 0 Å². The first kappa shape index (κ1) is 34.5. The van der Waals surface area contributed by atoms with Crippen LogP contribution in [0.25, 0.3) is 11.6 Å². The molecule has 1 atom stereocenters. The molecule has 6 heteroatoms. The van der Waals surface area contributed by atoms with Crippen molar-refractivity contribution in [1.82, 2.24) is 10.0 Å². The molecular weight excluding hydrogens is 535 g/mol. The second-order valence-corrected chi connectivity index (χ2v) is 8.64. The molecule has 1 aliphatic rings. The number of nitrogens with one attached hydrogen (secondary N) is 1. The summed E-state index contributed by atoms with van der Waals surface area (Å²) in [7, 11) is 3.76. The molecule has 0 fully saturated rings. The van der Waals surface area contributed by atoms with Crippen molar-refractivity contribution in [3.05, 3.63) is 108 Å².